The number of fused-ring (bicyclic) bond motifs is 1. The lowest BCUT2D eigenvalue weighted by Gasteiger charge is -2.37. The Hall–Kier alpha value is -1.90. The van der Waals surface area contributed by atoms with Crippen LogP contribution in [0.3, 0.4) is 0 Å². The molecule has 0 spiro atoms. The van der Waals surface area contributed by atoms with Crippen LogP contribution in [0.25, 0.3) is 10.9 Å². The molecule has 0 radical (unpaired) electrons. The summed E-state index contributed by atoms with van der Waals surface area (Å²) in [4.78, 5) is 15.8. The van der Waals surface area contributed by atoms with Gasteiger partial charge in [-0.05, 0) is 30.9 Å². The van der Waals surface area contributed by atoms with Crippen LogP contribution in [-0.4, -0.2) is 16.1 Å². The predicted octanol–water partition coefficient (Wildman–Crippen LogP) is 3.03. The number of aromatic nitrogens is 1. The number of hydrogen-bond acceptors (Lipinski definition) is 2. The first kappa shape index (κ1) is 11.2. The molecule has 1 aliphatic carbocycles. The summed E-state index contributed by atoms with van der Waals surface area (Å²) >= 11 is 0. The molecule has 1 aromatic heterocycles. The maximum Gasteiger partial charge on any atom is 0.309 e. The molecule has 0 amide bonds. The van der Waals surface area contributed by atoms with E-state index in [1.54, 1.807) is 6.20 Å². The summed E-state index contributed by atoms with van der Waals surface area (Å²) < 4.78 is 0. The molecule has 3 nitrogen and oxygen atoms in total. The van der Waals surface area contributed by atoms with Crippen molar-refractivity contribution in [2.75, 3.05) is 0 Å². The average Bonchev–Trinajstić information content (AvgIpc) is 2.33. The van der Waals surface area contributed by atoms with Gasteiger partial charge in [0.15, 0.2) is 0 Å². The molecule has 1 heterocycles. The number of rotatable bonds is 3. The number of benzene rings is 1. The fourth-order valence-corrected chi connectivity index (χ4v) is 2.74. The lowest BCUT2D eigenvalue weighted by molar-refractivity contribution is -0.154. The molecule has 0 bridgehead atoms. The lowest BCUT2D eigenvalue weighted by Crippen LogP contribution is -2.39. The number of pyridine rings is 1. The lowest BCUT2D eigenvalue weighted by atomic mass is 9.65. The van der Waals surface area contributed by atoms with Crippen LogP contribution in [0.1, 0.15) is 24.8 Å². The third-order valence-electron chi connectivity index (χ3n) is 4.01. The number of carboxylic acids is 1. The minimum absolute atomic E-state index is 0.550. The summed E-state index contributed by atoms with van der Waals surface area (Å²) in [5, 5.41) is 10.5. The number of nitrogens with zero attached hydrogens (tertiary/aromatic N) is 1. The van der Waals surface area contributed by atoms with Gasteiger partial charge >= 0.3 is 5.97 Å². The number of carbonyl (C=O) groups is 1. The van der Waals surface area contributed by atoms with Gasteiger partial charge in [-0.1, -0.05) is 30.7 Å². The van der Waals surface area contributed by atoms with Crippen molar-refractivity contribution in [1.29, 1.82) is 0 Å². The van der Waals surface area contributed by atoms with Crippen LogP contribution in [0.5, 0.6) is 0 Å². The first-order valence-electron chi connectivity index (χ1n) is 6.27. The van der Waals surface area contributed by atoms with E-state index in [0.29, 0.717) is 6.42 Å². The van der Waals surface area contributed by atoms with Crippen LogP contribution in [0.4, 0.5) is 0 Å². The summed E-state index contributed by atoms with van der Waals surface area (Å²) in [6, 6.07) is 9.91. The zero-order chi connectivity index (χ0) is 12.6. The third kappa shape index (κ3) is 1.67. The van der Waals surface area contributed by atoms with Crippen LogP contribution in [0, 0.1) is 5.41 Å². The molecular weight excluding hydrogens is 226 g/mol. The number of hydrogen-bond donors (Lipinski definition) is 1. The zero-order valence-electron chi connectivity index (χ0n) is 10.1. The van der Waals surface area contributed by atoms with Crippen molar-refractivity contribution in [2.45, 2.75) is 25.7 Å². The molecule has 1 N–H and O–H groups in total. The highest BCUT2D eigenvalue weighted by Gasteiger charge is 2.44. The van der Waals surface area contributed by atoms with E-state index in [0.717, 1.165) is 35.7 Å². The smallest absolute Gasteiger partial charge is 0.309 e. The summed E-state index contributed by atoms with van der Waals surface area (Å²) in [6.07, 6.45) is 4.94. The van der Waals surface area contributed by atoms with Crippen molar-refractivity contribution in [2.24, 2.45) is 5.41 Å². The Kier molecular flexibility index (Phi) is 2.54. The second kappa shape index (κ2) is 4.09. The molecule has 1 saturated carbocycles. The van der Waals surface area contributed by atoms with Gasteiger partial charge in [-0.3, -0.25) is 9.78 Å². The van der Waals surface area contributed by atoms with Gasteiger partial charge in [-0.2, -0.15) is 0 Å². The first-order chi connectivity index (χ1) is 8.71. The highest BCUT2D eigenvalue weighted by molar-refractivity contribution is 5.83. The minimum atomic E-state index is -0.665. The molecule has 0 saturated heterocycles. The summed E-state index contributed by atoms with van der Waals surface area (Å²) in [5.74, 6) is -0.665. The molecule has 3 rings (SSSR count). The molecule has 92 valence electrons. The number of para-hydroxylation sites is 1. The van der Waals surface area contributed by atoms with Crippen LogP contribution < -0.4 is 0 Å². The largest absolute Gasteiger partial charge is 0.481 e. The summed E-state index contributed by atoms with van der Waals surface area (Å²) in [7, 11) is 0. The van der Waals surface area contributed by atoms with E-state index in [1.807, 2.05) is 30.3 Å². The maximum absolute atomic E-state index is 11.4. The van der Waals surface area contributed by atoms with Gasteiger partial charge in [0.1, 0.15) is 0 Å². The van der Waals surface area contributed by atoms with Gasteiger partial charge in [0.05, 0.1) is 10.9 Å². The highest BCUT2D eigenvalue weighted by Crippen LogP contribution is 2.44. The van der Waals surface area contributed by atoms with E-state index in [2.05, 4.69) is 4.98 Å². The molecule has 2 aromatic rings. The maximum atomic E-state index is 11.4. The van der Waals surface area contributed by atoms with Gasteiger partial charge in [-0.15, -0.1) is 0 Å². The Morgan fingerprint density at radius 2 is 2.06 bits per heavy atom. The molecule has 0 aliphatic heterocycles. The minimum Gasteiger partial charge on any atom is -0.481 e. The van der Waals surface area contributed by atoms with E-state index in [9.17, 15) is 9.90 Å². The van der Waals surface area contributed by atoms with E-state index in [-0.39, 0.29) is 0 Å². The Morgan fingerprint density at radius 3 is 2.72 bits per heavy atom. The second-order valence-electron chi connectivity index (χ2n) is 5.11. The first-order valence-corrected chi connectivity index (χ1v) is 6.27. The molecule has 18 heavy (non-hydrogen) atoms. The quantitative estimate of drug-likeness (QED) is 0.898. The summed E-state index contributed by atoms with van der Waals surface area (Å²) in [6.45, 7) is 0. The van der Waals surface area contributed by atoms with Crippen molar-refractivity contribution in [3.05, 3.63) is 42.1 Å². The standard InChI is InChI=1S/C15H15NO2/c17-14(18)15(7-3-8-15)10-12-5-1-4-11-6-2-9-16-13(11)12/h1-2,4-6,9H,3,7-8,10H2,(H,17,18). The molecule has 0 atom stereocenters. The predicted molar refractivity (Wildman–Crippen MR) is 69.4 cm³/mol. The van der Waals surface area contributed by atoms with Crippen molar-refractivity contribution in [3.63, 3.8) is 0 Å². The second-order valence-corrected chi connectivity index (χ2v) is 5.11. The van der Waals surface area contributed by atoms with Crippen LogP contribution in [0.15, 0.2) is 36.5 Å². The fourth-order valence-electron chi connectivity index (χ4n) is 2.74. The Balaban J connectivity index is 2.02. The van der Waals surface area contributed by atoms with Crippen molar-refractivity contribution in [1.82, 2.24) is 4.98 Å². The van der Waals surface area contributed by atoms with Crippen molar-refractivity contribution in [3.8, 4) is 0 Å². The zero-order valence-corrected chi connectivity index (χ0v) is 10.1. The molecule has 0 unspecified atom stereocenters. The molecule has 1 aliphatic rings. The Morgan fingerprint density at radius 1 is 1.28 bits per heavy atom. The van der Waals surface area contributed by atoms with Gasteiger partial charge in [0.25, 0.3) is 0 Å². The normalized spacial score (nSPS) is 17.3. The Bertz CT molecular complexity index is 597. The molecule has 1 fully saturated rings. The van der Waals surface area contributed by atoms with Crippen LogP contribution >= 0.6 is 0 Å². The molecular formula is C15H15NO2. The highest BCUT2D eigenvalue weighted by atomic mass is 16.4. The van der Waals surface area contributed by atoms with Gasteiger partial charge < -0.3 is 5.11 Å². The van der Waals surface area contributed by atoms with Crippen LogP contribution in [0.2, 0.25) is 0 Å². The Labute approximate surface area is 105 Å². The molecule has 1 aromatic carbocycles. The van der Waals surface area contributed by atoms with E-state index >= 15 is 0 Å². The molecule has 3 heteroatoms. The topological polar surface area (TPSA) is 50.2 Å². The average molecular weight is 241 g/mol. The van der Waals surface area contributed by atoms with Gasteiger partial charge in [0.2, 0.25) is 0 Å². The SMILES string of the molecule is O=C(O)C1(Cc2cccc3cccnc23)CCC1. The summed E-state index contributed by atoms with van der Waals surface area (Å²) in [5.41, 5.74) is 1.44. The van der Waals surface area contributed by atoms with Gasteiger partial charge in [0, 0.05) is 11.6 Å². The number of aliphatic carboxylic acids is 1. The van der Waals surface area contributed by atoms with Crippen molar-refractivity contribution >= 4 is 16.9 Å². The van der Waals surface area contributed by atoms with E-state index in [4.69, 9.17) is 0 Å². The monoisotopic (exact) mass is 241 g/mol. The fraction of sp³-hybridized carbons (Fsp3) is 0.333. The van der Waals surface area contributed by atoms with E-state index < -0.39 is 11.4 Å². The van der Waals surface area contributed by atoms with Crippen molar-refractivity contribution < 1.29 is 9.90 Å². The third-order valence-corrected chi connectivity index (χ3v) is 4.01. The van der Waals surface area contributed by atoms with E-state index in [1.165, 1.54) is 0 Å². The number of carboxylic acid groups (broad SMARTS) is 1. The van der Waals surface area contributed by atoms with Gasteiger partial charge in [-0.25, -0.2) is 0 Å². The van der Waals surface area contributed by atoms with Crippen LogP contribution in [-0.2, 0) is 11.2 Å².